The number of aromatic nitrogens is 4. The standard InChI is InChI=1S/C20H24ClN5O2S.ClH/c1-3-28-19-17(21)12-15(13-18(19)27-2)14-22-10-7-11-29-20-23-24-25-26(20)16-8-5-4-6-9-16;/h4-6,8-9,12-13,22H,3,7,10-11,14H2,1-2H3;1H. The number of hydrogen-bond donors (Lipinski definition) is 1. The maximum absolute atomic E-state index is 6.32. The van der Waals surface area contributed by atoms with Crippen molar-refractivity contribution in [1.29, 1.82) is 0 Å². The summed E-state index contributed by atoms with van der Waals surface area (Å²) in [5, 5.41) is 16.8. The molecule has 30 heavy (non-hydrogen) atoms. The smallest absolute Gasteiger partial charge is 0.214 e. The van der Waals surface area contributed by atoms with Gasteiger partial charge in [0.05, 0.1) is 24.4 Å². The summed E-state index contributed by atoms with van der Waals surface area (Å²) in [6, 6.07) is 13.7. The molecule has 0 aliphatic carbocycles. The third kappa shape index (κ3) is 6.50. The largest absolute Gasteiger partial charge is 0.493 e. The molecule has 0 aliphatic heterocycles. The van der Waals surface area contributed by atoms with Crippen molar-refractivity contribution < 1.29 is 9.47 Å². The van der Waals surface area contributed by atoms with Crippen LogP contribution in [0.2, 0.25) is 5.02 Å². The van der Waals surface area contributed by atoms with Gasteiger partial charge in [0.15, 0.2) is 11.5 Å². The molecule has 0 unspecified atom stereocenters. The lowest BCUT2D eigenvalue weighted by atomic mass is 10.2. The van der Waals surface area contributed by atoms with Crippen molar-refractivity contribution in [2.45, 2.75) is 25.0 Å². The van der Waals surface area contributed by atoms with Gasteiger partial charge >= 0.3 is 0 Å². The summed E-state index contributed by atoms with van der Waals surface area (Å²) in [4.78, 5) is 0. The zero-order chi connectivity index (χ0) is 20.5. The molecule has 0 amide bonds. The van der Waals surface area contributed by atoms with E-state index in [1.54, 1.807) is 23.6 Å². The van der Waals surface area contributed by atoms with Crippen LogP contribution in [0.3, 0.4) is 0 Å². The molecule has 0 saturated heterocycles. The Morgan fingerprint density at radius 2 is 2.00 bits per heavy atom. The van der Waals surface area contributed by atoms with Crippen LogP contribution < -0.4 is 14.8 Å². The molecule has 0 saturated carbocycles. The first kappa shape index (κ1) is 24.3. The fourth-order valence-corrected chi connectivity index (χ4v) is 3.87. The van der Waals surface area contributed by atoms with E-state index in [1.807, 2.05) is 49.4 Å². The number of tetrazole rings is 1. The van der Waals surface area contributed by atoms with Crippen LogP contribution in [0.15, 0.2) is 47.6 Å². The summed E-state index contributed by atoms with van der Waals surface area (Å²) in [5.41, 5.74) is 2.01. The van der Waals surface area contributed by atoms with Crippen LogP contribution in [-0.2, 0) is 6.54 Å². The maximum Gasteiger partial charge on any atom is 0.214 e. The second-order valence-electron chi connectivity index (χ2n) is 6.13. The highest BCUT2D eigenvalue weighted by molar-refractivity contribution is 7.99. The van der Waals surface area contributed by atoms with E-state index in [0.29, 0.717) is 29.7 Å². The van der Waals surface area contributed by atoms with Gasteiger partial charge in [-0.1, -0.05) is 41.6 Å². The van der Waals surface area contributed by atoms with E-state index < -0.39 is 0 Å². The minimum Gasteiger partial charge on any atom is -0.493 e. The molecule has 162 valence electrons. The SMILES string of the molecule is CCOc1c(Cl)cc(CNCCCSc2nnnn2-c2ccccc2)cc1OC.Cl. The van der Waals surface area contributed by atoms with Crippen LogP contribution in [0.1, 0.15) is 18.9 Å². The van der Waals surface area contributed by atoms with Crippen molar-refractivity contribution >= 4 is 35.8 Å². The third-order valence-electron chi connectivity index (χ3n) is 4.08. The fraction of sp³-hybridized carbons (Fsp3) is 0.350. The van der Waals surface area contributed by atoms with E-state index >= 15 is 0 Å². The summed E-state index contributed by atoms with van der Waals surface area (Å²) >= 11 is 7.96. The molecule has 0 atom stereocenters. The lowest BCUT2D eigenvalue weighted by molar-refractivity contribution is 0.311. The molecule has 0 fully saturated rings. The van der Waals surface area contributed by atoms with Gasteiger partial charge in [0, 0.05) is 12.3 Å². The van der Waals surface area contributed by atoms with Crippen LogP contribution in [0.5, 0.6) is 11.5 Å². The molecule has 0 radical (unpaired) electrons. The Morgan fingerprint density at radius 3 is 2.73 bits per heavy atom. The lowest BCUT2D eigenvalue weighted by Gasteiger charge is -2.13. The highest BCUT2D eigenvalue weighted by Crippen LogP contribution is 2.36. The second-order valence-corrected chi connectivity index (χ2v) is 7.60. The number of halogens is 2. The molecule has 1 heterocycles. The van der Waals surface area contributed by atoms with Gasteiger partial charge in [0.25, 0.3) is 0 Å². The van der Waals surface area contributed by atoms with Crippen molar-refractivity contribution in [3.8, 4) is 17.2 Å². The van der Waals surface area contributed by atoms with Gasteiger partial charge in [-0.05, 0) is 60.1 Å². The van der Waals surface area contributed by atoms with Gasteiger partial charge in [-0.3, -0.25) is 0 Å². The Bertz CT molecular complexity index is 911. The Labute approximate surface area is 191 Å². The molecule has 7 nitrogen and oxygen atoms in total. The molecule has 0 spiro atoms. The summed E-state index contributed by atoms with van der Waals surface area (Å²) < 4.78 is 12.7. The average Bonchev–Trinajstić information content (AvgIpc) is 3.21. The van der Waals surface area contributed by atoms with Crippen molar-refractivity contribution in [2.75, 3.05) is 26.0 Å². The van der Waals surface area contributed by atoms with E-state index in [1.165, 1.54) is 0 Å². The molecule has 1 aromatic heterocycles. The molecular weight excluding hydrogens is 445 g/mol. The van der Waals surface area contributed by atoms with Gasteiger partial charge in [-0.2, -0.15) is 4.68 Å². The van der Waals surface area contributed by atoms with Crippen molar-refractivity contribution in [3.05, 3.63) is 53.1 Å². The van der Waals surface area contributed by atoms with Gasteiger partial charge in [-0.15, -0.1) is 17.5 Å². The second kappa shape index (κ2) is 12.6. The van der Waals surface area contributed by atoms with Gasteiger partial charge in [0.2, 0.25) is 5.16 Å². The van der Waals surface area contributed by atoms with E-state index in [9.17, 15) is 0 Å². The number of methoxy groups -OCH3 is 1. The molecule has 1 N–H and O–H groups in total. The van der Waals surface area contributed by atoms with Crippen LogP contribution in [-0.4, -0.2) is 46.2 Å². The first-order valence-electron chi connectivity index (χ1n) is 9.39. The quantitative estimate of drug-likeness (QED) is 0.329. The minimum absolute atomic E-state index is 0. The molecule has 3 rings (SSSR count). The summed E-state index contributed by atoms with van der Waals surface area (Å²) in [6.07, 6.45) is 0.980. The molecule has 0 bridgehead atoms. The number of para-hydroxylation sites is 1. The number of rotatable bonds is 11. The molecule has 2 aromatic carbocycles. The Hall–Kier alpha value is -2.00. The van der Waals surface area contributed by atoms with Crippen molar-refractivity contribution in [1.82, 2.24) is 25.5 Å². The summed E-state index contributed by atoms with van der Waals surface area (Å²) in [7, 11) is 1.62. The monoisotopic (exact) mass is 469 g/mol. The van der Waals surface area contributed by atoms with Gasteiger partial charge in [0.1, 0.15) is 0 Å². The first-order valence-corrected chi connectivity index (χ1v) is 10.8. The predicted octanol–water partition coefficient (Wildman–Crippen LogP) is 4.42. The van der Waals surface area contributed by atoms with Gasteiger partial charge < -0.3 is 14.8 Å². The maximum atomic E-state index is 6.32. The Kier molecular flexibility index (Phi) is 10.2. The number of nitrogens with one attached hydrogen (secondary N) is 1. The average molecular weight is 470 g/mol. The first-order chi connectivity index (χ1) is 14.2. The van der Waals surface area contributed by atoms with Crippen molar-refractivity contribution in [3.63, 3.8) is 0 Å². The molecular formula is C20H25Cl2N5O2S. The predicted molar refractivity (Wildman–Crippen MR) is 123 cm³/mol. The zero-order valence-corrected chi connectivity index (χ0v) is 19.3. The van der Waals surface area contributed by atoms with E-state index in [2.05, 4.69) is 20.8 Å². The number of nitrogens with zero attached hydrogens (tertiary/aromatic N) is 4. The summed E-state index contributed by atoms with van der Waals surface area (Å²) in [5.74, 6) is 2.15. The molecule has 0 aliphatic rings. The topological polar surface area (TPSA) is 74.1 Å². The van der Waals surface area contributed by atoms with E-state index in [4.69, 9.17) is 21.1 Å². The number of thioether (sulfide) groups is 1. The van der Waals surface area contributed by atoms with Crippen LogP contribution in [0.25, 0.3) is 5.69 Å². The Balaban J connectivity index is 0.00000320. The summed E-state index contributed by atoms with van der Waals surface area (Å²) in [6.45, 7) is 4.03. The Morgan fingerprint density at radius 1 is 1.20 bits per heavy atom. The van der Waals surface area contributed by atoms with Crippen LogP contribution in [0.4, 0.5) is 0 Å². The minimum atomic E-state index is 0. The normalized spacial score (nSPS) is 10.5. The van der Waals surface area contributed by atoms with Crippen LogP contribution in [0, 0.1) is 0 Å². The van der Waals surface area contributed by atoms with Crippen molar-refractivity contribution in [2.24, 2.45) is 0 Å². The highest BCUT2D eigenvalue weighted by Gasteiger charge is 2.12. The lowest BCUT2D eigenvalue weighted by Crippen LogP contribution is -2.15. The number of ether oxygens (including phenoxy) is 2. The molecule has 3 aromatic rings. The number of hydrogen-bond acceptors (Lipinski definition) is 7. The van der Waals surface area contributed by atoms with Crippen LogP contribution >= 0.6 is 35.8 Å². The van der Waals surface area contributed by atoms with E-state index in [-0.39, 0.29) is 12.4 Å². The zero-order valence-electron chi connectivity index (χ0n) is 16.9. The molecule has 10 heteroatoms. The highest BCUT2D eigenvalue weighted by atomic mass is 35.5. The van der Waals surface area contributed by atoms with E-state index in [0.717, 1.165) is 35.1 Å². The van der Waals surface area contributed by atoms with Gasteiger partial charge in [-0.25, -0.2) is 0 Å². The third-order valence-corrected chi connectivity index (χ3v) is 5.36. The fourth-order valence-electron chi connectivity index (χ4n) is 2.75. The number of benzene rings is 2.